The van der Waals surface area contributed by atoms with Crippen LogP contribution in [0, 0.1) is 11.8 Å². The summed E-state index contributed by atoms with van der Waals surface area (Å²) in [4.78, 5) is 13.2. The van der Waals surface area contributed by atoms with E-state index in [2.05, 4.69) is 17.3 Å². The molecule has 2 aliphatic heterocycles. The Kier molecular flexibility index (Phi) is 4.36. The van der Waals surface area contributed by atoms with E-state index in [-0.39, 0.29) is 6.04 Å². The van der Waals surface area contributed by atoms with Gasteiger partial charge in [-0.3, -0.25) is 0 Å². The van der Waals surface area contributed by atoms with Crippen molar-refractivity contribution in [3.8, 4) is 0 Å². The number of likely N-dealkylation sites (tertiary alicyclic amines) is 1. The van der Waals surface area contributed by atoms with Gasteiger partial charge in [0.05, 0.1) is 6.04 Å². The van der Waals surface area contributed by atoms with Crippen LogP contribution in [0.3, 0.4) is 0 Å². The van der Waals surface area contributed by atoms with Gasteiger partial charge in [-0.05, 0) is 70.6 Å². The Hall–Kier alpha value is -0.410. The highest BCUT2D eigenvalue weighted by Crippen LogP contribution is 2.31. The van der Waals surface area contributed by atoms with Crippen molar-refractivity contribution >= 4 is 6.29 Å². The van der Waals surface area contributed by atoms with Gasteiger partial charge in [0.1, 0.15) is 6.29 Å². The van der Waals surface area contributed by atoms with E-state index in [9.17, 15) is 4.79 Å². The predicted octanol–water partition coefficient (Wildman–Crippen LogP) is 1.29. The number of carbonyl (C=O) groups is 1. The second kappa shape index (κ2) is 5.78. The lowest BCUT2D eigenvalue weighted by atomic mass is 9.80. The molecule has 3 nitrogen and oxygen atoms in total. The highest BCUT2D eigenvalue weighted by Gasteiger charge is 2.27. The number of nitrogens with zero attached hydrogens (tertiary/aromatic N) is 1. The van der Waals surface area contributed by atoms with Crippen LogP contribution in [0.15, 0.2) is 0 Å². The summed E-state index contributed by atoms with van der Waals surface area (Å²) in [6.07, 6.45) is 7.33. The second-order valence-corrected chi connectivity index (χ2v) is 5.46. The zero-order chi connectivity index (χ0) is 11.4. The summed E-state index contributed by atoms with van der Waals surface area (Å²) in [7, 11) is 2.22. The van der Waals surface area contributed by atoms with Crippen molar-refractivity contribution in [3.63, 3.8) is 0 Å². The summed E-state index contributed by atoms with van der Waals surface area (Å²) < 4.78 is 0. The molecule has 0 aromatic rings. The standard InChI is InChI=1S/C13H24N2O/c1-15-8-5-12(6-9-15)11-2-3-13(10-16)14-7-4-11/h10-14H,2-9H2,1H3. The van der Waals surface area contributed by atoms with Crippen molar-refractivity contribution in [2.75, 3.05) is 26.7 Å². The number of aldehydes is 1. The monoisotopic (exact) mass is 224 g/mol. The highest BCUT2D eigenvalue weighted by molar-refractivity contribution is 5.57. The number of rotatable bonds is 2. The highest BCUT2D eigenvalue weighted by atomic mass is 16.1. The fourth-order valence-electron chi connectivity index (χ4n) is 3.18. The maximum atomic E-state index is 10.8. The van der Waals surface area contributed by atoms with Crippen molar-refractivity contribution in [2.45, 2.75) is 38.1 Å². The van der Waals surface area contributed by atoms with Gasteiger partial charge in [0.2, 0.25) is 0 Å². The van der Waals surface area contributed by atoms with Crippen LogP contribution < -0.4 is 5.32 Å². The summed E-state index contributed by atoms with van der Waals surface area (Å²) in [5.74, 6) is 1.76. The van der Waals surface area contributed by atoms with Crippen molar-refractivity contribution in [2.24, 2.45) is 11.8 Å². The topological polar surface area (TPSA) is 32.3 Å². The molecule has 2 fully saturated rings. The van der Waals surface area contributed by atoms with Crippen molar-refractivity contribution in [1.29, 1.82) is 0 Å². The van der Waals surface area contributed by atoms with Crippen LogP contribution >= 0.6 is 0 Å². The Morgan fingerprint density at radius 2 is 1.75 bits per heavy atom. The normalized spacial score (nSPS) is 34.6. The van der Waals surface area contributed by atoms with Crippen LogP contribution in [0.4, 0.5) is 0 Å². The molecule has 2 unspecified atom stereocenters. The summed E-state index contributed by atoms with van der Waals surface area (Å²) in [6, 6.07) is 0.122. The maximum absolute atomic E-state index is 10.8. The first-order chi connectivity index (χ1) is 7.79. The van der Waals surface area contributed by atoms with Crippen molar-refractivity contribution < 1.29 is 4.79 Å². The molecule has 3 heteroatoms. The Morgan fingerprint density at radius 1 is 1.06 bits per heavy atom. The van der Waals surface area contributed by atoms with Gasteiger partial charge >= 0.3 is 0 Å². The second-order valence-electron chi connectivity index (χ2n) is 5.46. The SMILES string of the molecule is CN1CCC(C2CCNC(C=O)CC2)CC1. The largest absolute Gasteiger partial charge is 0.308 e. The van der Waals surface area contributed by atoms with E-state index in [0.29, 0.717) is 0 Å². The third-order valence-corrected chi connectivity index (χ3v) is 4.36. The molecule has 0 aromatic heterocycles. The summed E-state index contributed by atoms with van der Waals surface area (Å²) >= 11 is 0. The van der Waals surface area contributed by atoms with E-state index in [1.807, 2.05) is 0 Å². The van der Waals surface area contributed by atoms with Gasteiger partial charge in [-0.1, -0.05) is 0 Å². The molecule has 2 heterocycles. The van der Waals surface area contributed by atoms with Crippen LogP contribution in [0.1, 0.15) is 32.1 Å². The molecular weight excluding hydrogens is 200 g/mol. The molecule has 0 aromatic carbocycles. The lowest BCUT2D eigenvalue weighted by Crippen LogP contribution is -2.33. The first kappa shape index (κ1) is 12.1. The summed E-state index contributed by atoms with van der Waals surface area (Å²) in [5, 5.41) is 3.33. The van der Waals surface area contributed by atoms with Gasteiger partial charge < -0.3 is 15.0 Å². The Balaban J connectivity index is 1.82. The lowest BCUT2D eigenvalue weighted by molar-refractivity contribution is -0.109. The summed E-state index contributed by atoms with van der Waals surface area (Å²) in [5.41, 5.74) is 0. The van der Waals surface area contributed by atoms with Gasteiger partial charge in [-0.15, -0.1) is 0 Å². The minimum absolute atomic E-state index is 0.122. The minimum Gasteiger partial charge on any atom is -0.308 e. The molecule has 0 aliphatic carbocycles. The van der Waals surface area contributed by atoms with Gasteiger partial charge in [0, 0.05) is 0 Å². The summed E-state index contributed by atoms with van der Waals surface area (Å²) in [6.45, 7) is 3.54. The molecule has 1 N–H and O–H groups in total. The van der Waals surface area contributed by atoms with E-state index in [1.165, 1.54) is 38.8 Å². The third kappa shape index (κ3) is 3.05. The molecule has 2 saturated heterocycles. The van der Waals surface area contributed by atoms with Gasteiger partial charge in [-0.2, -0.15) is 0 Å². The van der Waals surface area contributed by atoms with Crippen molar-refractivity contribution in [1.82, 2.24) is 10.2 Å². The Bertz CT molecular complexity index is 224. The number of nitrogens with one attached hydrogen (secondary N) is 1. The first-order valence-corrected chi connectivity index (χ1v) is 6.67. The van der Waals surface area contributed by atoms with Gasteiger partial charge in [-0.25, -0.2) is 0 Å². The molecule has 0 spiro atoms. The number of hydrogen-bond donors (Lipinski definition) is 1. The molecule has 0 amide bonds. The zero-order valence-electron chi connectivity index (χ0n) is 10.3. The van der Waals surface area contributed by atoms with E-state index < -0.39 is 0 Å². The number of piperidine rings is 1. The molecule has 2 atom stereocenters. The van der Waals surface area contributed by atoms with Gasteiger partial charge in [0.25, 0.3) is 0 Å². The third-order valence-electron chi connectivity index (χ3n) is 4.36. The zero-order valence-corrected chi connectivity index (χ0v) is 10.3. The average molecular weight is 224 g/mol. The Labute approximate surface area is 98.6 Å². The fraction of sp³-hybridized carbons (Fsp3) is 0.923. The van der Waals surface area contributed by atoms with Crippen LogP contribution in [-0.4, -0.2) is 43.9 Å². The Morgan fingerprint density at radius 3 is 2.44 bits per heavy atom. The molecule has 2 aliphatic rings. The molecular formula is C13H24N2O. The maximum Gasteiger partial charge on any atom is 0.136 e. The minimum atomic E-state index is 0.122. The van der Waals surface area contributed by atoms with Crippen LogP contribution in [0.25, 0.3) is 0 Å². The number of carbonyl (C=O) groups excluding carboxylic acids is 1. The molecule has 92 valence electrons. The van der Waals surface area contributed by atoms with Crippen LogP contribution in [-0.2, 0) is 4.79 Å². The average Bonchev–Trinajstić information content (AvgIpc) is 2.55. The molecule has 16 heavy (non-hydrogen) atoms. The quantitative estimate of drug-likeness (QED) is 0.717. The van der Waals surface area contributed by atoms with E-state index in [0.717, 1.165) is 31.1 Å². The first-order valence-electron chi connectivity index (χ1n) is 6.67. The van der Waals surface area contributed by atoms with Gasteiger partial charge in [0.15, 0.2) is 0 Å². The van der Waals surface area contributed by atoms with E-state index in [1.54, 1.807) is 0 Å². The molecule has 0 saturated carbocycles. The smallest absolute Gasteiger partial charge is 0.136 e. The fourth-order valence-corrected chi connectivity index (χ4v) is 3.18. The van der Waals surface area contributed by atoms with E-state index in [4.69, 9.17) is 0 Å². The molecule has 0 bridgehead atoms. The number of hydrogen-bond acceptors (Lipinski definition) is 3. The van der Waals surface area contributed by atoms with E-state index >= 15 is 0 Å². The molecule has 0 radical (unpaired) electrons. The van der Waals surface area contributed by atoms with Crippen LogP contribution in [0.2, 0.25) is 0 Å². The van der Waals surface area contributed by atoms with Crippen LogP contribution in [0.5, 0.6) is 0 Å². The lowest BCUT2D eigenvalue weighted by Gasteiger charge is -2.33. The molecule has 2 rings (SSSR count). The predicted molar refractivity (Wildman–Crippen MR) is 65.4 cm³/mol. The van der Waals surface area contributed by atoms with Crippen molar-refractivity contribution in [3.05, 3.63) is 0 Å².